The van der Waals surface area contributed by atoms with E-state index in [-0.39, 0.29) is 12.5 Å². The summed E-state index contributed by atoms with van der Waals surface area (Å²) in [5, 5.41) is 8.84. The van der Waals surface area contributed by atoms with Crippen LogP contribution in [0.25, 0.3) is 0 Å². The summed E-state index contributed by atoms with van der Waals surface area (Å²) < 4.78 is 11.7. The molecule has 0 amide bonds. The summed E-state index contributed by atoms with van der Waals surface area (Å²) in [7, 11) is 0. The van der Waals surface area contributed by atoms with Gasteiger partial charge in [0.15, 0.2) is 0 Å². The Hall–Kier alpha value is -2.37. The van der Waals surface area contributed by atoms with Crippen molar-refractivity contribution in [3.63, 3.8) is 0 Å². The highest BCUT2D eigenvalue weighted by atomic mass is 16.5. The van der Waals surface area contributed by atoms with Gasteiger partial charge < -0.3 is 14.6 Å². The van der Waals surface area contributed by atoms with E-state index in [4.69, 9.17) is 14.6 Å². The summed E-state index contributed by atoms with van der Waals surface area (Å²) in [5.74, 6) is 0.108. The van der Waals surface area contributed by atoms with E-state index < -0.39 is 5.97 Å². The highest BCUT2D eigenvalue weighted by Gasteiger charge is 2.22. The molecular weight excluding hydrogens is 342 g/mol. The zero-order valence-electron chi connectivity index (χ0n) is 15.5. The third kappa shape index (κ3) is 6.38. The molecule has 2 aromatic rings. The van der Waals surface area contributed by atoms with Crippen LogP contribution in [0, 0.1) is 0 Å². The lowest BCUT2D eigenvalue weighted by molar-refractivity contribution is -0.137. The minimum absolute atomic E-state index is 0.0142. The van der Waals surface area contributed by atoms with E-state index in [1.165, 1.54) is 5.56 Å². The summed E-state index contributed by atoms with van der Waals surface area (Å²) in [5.41, 5.74) is 2.44. The van der Waals surface area contributed by atoms with Crippen molar-refractivity contribution in [1.82, 2.24) is 4.90 Å². The molecule has 1 unspecified atom stereocenters. The SMILES string of the molecule is O=C(O)CCN1CCOC(c2ccc(OCCCc3ccccc3)cc2)C1. The molecule has 5 nitrogen and oxygen atoms in total. The van der Waals surface area contributed by atoms with Gasteiger partial charge in [0, 0.05) is 19.6 Å². The number of hydrogen-bond donors (Lipinski definition) is 1. The molecule has 1 atom stereocenters. The molecule has 1 fully saturated rings. The fourth-order valence-electron chi connectivity index (χ4n) is 3.25. The van der Waals surface area contributed by atoms with Gasteiger partial charge in [-0.15, -0.1) is 0 Å². The number of rotatable bonds is 9. The van der Waals surface area contributed by atoms with Crippen molar-refractivity contribution >= 4 is 5.97 Å². The maximum atomic E-state index is 10.7. The van der Waals surface area contributed by atoms with Crippen molar-refractivity contribution in [1.29, 1.82) is 0 Å². The second-order valence-electron chi connectivity index (χ2n) is 6.81. The van der Waals surface area contributed by atoms with E-state index in [1.54, 1.807) is 0 Å². The van der Waals surface area contributed by atoms with E-state index in [1.807, 2.05) is 30.3 Å². The largest absolute Gasteiger partial charge is 0.494 e. The van der Waals surface area contributed by atoms with E-state index in [0.717, 1.165) is 37.2 Å². The van der Waals surface area contributed by atoms with Crippen LogP contribution in [-0.2, 0) is 16.0 Å². The van der Waals surface area contributed by atoms with Crippen LogP contribution < -0.4 is 4.74 Å². The minimum Gasteiger partial charge on any atom is -0.494 e. The number of morpholine rings is 1. The second-order valence-corrected chi connectivity index (χ2v) is 6.81. The van der Waals surface area contributed by atoms with Gasteiger partial charge in [0.1, 0.15) is 5.75 Å². The molecule has 0 bridgehead atoms. The molecule has 0 spiro atoms. The zero-order chi connectivity index (χ0) is 18.9. The molecule has 1 aliphatic heterocycles. The fourth-order valence-corrected chi connectivity index (χ4v) is 3.25. The average Bonchev–Trinajstić information content (AvgIpc) is 2.71. The minimum atomic E-state index is -0.758. The summed E-state index contributed by atoms with van der Waals surface area (Å²) in [4.78, 5) is 12.9. The first kappa shape index (κ1) is 19.4. The predicted molar refractivity (Wildman–Crippen MR) is 104 cm³/mol. The Morgan fingerprint density at radius 1 is 1.15 bits per heavy atom. The number of aliphatic carboxylic acids is 1. The third-order valence-electron chi connectivity index (χ3n) is 4.77. The number of carboxylic acids is 1. The lowest BCUT2D eigenvalue weighted by atomic mass is 10.1. The molecule has 0 saturated carbocycles. The van der Waals surface area contributed by atoms with Crippen LogP contribution in [0.4, 0.5) is 0 Å². The van der Waals surface area contributed by atoms with Crippen molar-refractivity contribution in [3.8, 4) is 5.75 Å². The van der Waals surface area contributed by atoms with Gasteiger partial charge in [-0.05, 0) is 36.1 Å². The van der Waals surface area contributed by atoms with Crippen molar-refractivity contribution in [2.75, 3.05) is 32.8 Å². The van der Waals surface area contributed by atoms with Gasteiger partial charge in [-0.2, -0.15) is 0 Å². The molecule has 0 radical (unpaired) electrons. The predicted octanol–water partition coefficient (Wildman–Crippen LogP) is 3.55. The van der Waals surface area contributed by atoms with Gasteiger partial charge >= 0.3 is 5.97 Å². The number of hydrogen-bond acceptors (Lipinski definition) is 4. The van der Waals surface area contributed by atoms with Crippen LogP contribution in [0.1, 0.15) is 30.1 Å². The highest BCUT2D eigenvalue weighted by molar-refractivity contribution is 5.66. The summed E-state index contributed by atoms with van der Waals surface area (Å²) in [6.45, 7) is 3.40. The lowest BCUT2D eigenvalue weighted by Gasteiger charge is -2.32. The summed E-state index contributed by atoms with van der Waals surface area (Å²) in [6.07, 6.45) is 2.15. The maximum Gasteiger partial charge on any atom is 0.304 e. The molecule has 27 heavy (non-hydrogen) atoms. The van der Waals surface area contributed by atoms with Crippen LogP contribution in [0.15, 0.2) is 54.6 Å². The van der Waals surface area contributed by atoms with Gasteiger partial charge in [-0.1, -0.05) is 42.5 Å². The first-order valence-corrected chi connectivity index (χ1v) is 9.53. The number of benzene rings is 2. The molecule has 5 heteroatoms. The quantitative estimate of drug-likeness (QED) is 0.685. The third-order valence-corrected chi connectivity index (χ3v) is 4.77. The van der Waals surface area contributed by atoms with Crippen molar-refractivity contribution in [3.05, 3.63) is 65.7 Å². The molecule has 1 aliphatic rings. The van der Waals surface area contributed by atoms with E-state index in [0.29, 0.717) is 19.8 Å². The normalized spacial score (nSPS) is 17.6. The van der Waals surface area contributed by atoms with Gasteiger partial charge in [0.2, 0.25) is 0 Å². The second kappa shape index (κ2) is 10.1. The Balaban J connectivity index is 1.43. The Morgan fingerprint density at radius 2 is 1.93 bits per heavy atom. The highest BCUT2D eigenvalue weighted by Crippen LogP contribution is 2.24. The van der Waals surface area contributed by atoms with Gasteiger partial charge in [-0.25, -0.2) is 0 Å². The molecule has 1 heterocycles. The lowest BCUT2D eigenvalue weighted by Crippen LogP contribution is -2.39. The Kier molecular flexibility index (Phi) is 7.25. The number of ether oxygens (including phenoxy) is 2. The molecule has 2 aromatic carbocycles. The molecule has 0 aromatic heterocycles. The number of carbonyl (C=O) groups is 1. The Morgan fingerprint density at radius 3 is 2.67 bits per heavy atom. The summed E-state index contributed by atoms with van der Waals surface area (Å²) in [6, 6.07) is 18.5. The van der Waals surface area contributed by atoms with Gasteiger partial charge in [0.05, 0.1) is 25.7 Å². The molecule has 1 N–H and O–H groups in total. The molecule has 1 saturated heterocycles. The maximum absolute atomic E-state index is 10.7. The first-order valence-electron chi connectivity index (χ1n) is 9.53. The van der Waals surface area contributed by atoms with Crippen LogP contribution in [-0.4, -0.2) is 48.8 Å². The zero-order valence-corrected chi connectivity index (χ0v) is 15.5. The van der Waals surface area contributed by atoms with E-state index in [9.17, 15) is 4.79 Å². The number of aryl methyl sites for hydroxylation is 1. The number of carboxylic acid groups (broad SMARTS) is 1. The van der Waals surface area contributed by atoms with E-state index in [2.05, 4.69) is 29.2 Å². The first-order chi connectivity index (χ1) is 13.2. The van der Waals surface area contributed by atoms with Gasteiger partial charge in [0.25, 0.3) is 0 Å². The van der Waals surface area contributed by atoms with Crippen LogP contribution in [0.3, 0.4) is 0 Å². The van der Waals surface area contributed by atoms with E-state index >= 15 is 0 Å². The van der Waals surface area contributed by atoms with Crippen molar-refractivity contribution < 1.29 is 19.4 Å². The molecule has 144 valence electrons. The van der Waals surface area contributed by atoms with Crippen molar-refractivity contribution in [2.24, 2.45) is 0 Å². The molecular formula is C22H27NO4. The van der Waals surface area contributed by atoms with Crippen LogP contribution in [0.2, 0.25) is 0 Å². The topological polar surface area (TPSA) is 59.0 Å². The van der Waals surface area contributed by atoms with Crippen molar-refractivity contribution in [2.45, 2.75) is 25.4 Å². The van der Waals surface area contributed by atoms with Gasteiger partial charge in [-0.3, -0.25) is 9.69 Å². The summed E-state index contributed by atoms with van der Waals surface area (Å²) >= 11 is 0. The smallest absolute Gasteiger partial charge is 0.304 e. The molecule has 3 rings (SSSR count). The Bertz CT molecular complexity index is 702. The standard InChI is InChI=1S/C22H27NO4/c24-22(25)12-13-23-14-16-27-21(17-23)19-8-10-20(11-9-19)26-15-4-7-18-5-2-1-3-6-18/h1-3,5-6,8-11,21H,4,7,12-17H2,(H,24,25). The van der Waals surface area contributed by atoms with Crippen LogP contribution >= 0.6 is 0 Å². The average molecular weight is 369 g/mol. The monoisotopic (exact) mass is 369 g/mol. The molecule has 0 aliphatic carbocycles. The Labute approximate surface area is 160 Å². The number of nitrogens with zero attached hydrogens (tertiary/aromatic N) is 1. The fraction of sp³-hybridized carbons (Fsp3) is 0.409. The van der Waals surface area contributed by atoms with Crippen LogP contribution in [0.5, 0.6) is 5.75 Å².